The second-order valence-corrected chi connectivity index (χ2v) is 5.41. The maximum absolute atomic E-state index is 12.2. The fraction of sp³-hybridized carbons (Fsp3) is 0.571. The Bertz CT molecular complexity index is 441. The highest BCUT2D eigenvalue weighted by Gasteiger charge is 2.21. The van der Waals surface area contributed by atoms with E-state index in [9.17, 15) is 4.79 Å². The summed E-state index contributed by atoms with van der Waals surface area (Å²) in [4.78, 5) is 20.4. The number of hydrogen-bond acceptors (Lipinski definition) is 4. The average Bonchev–Trinajstić information content (AvgIpc) is 2.40. The van der Waals surface area contributed by atoms with E-state index in [1.54, 1.807) is 23.2 Å². The van der Waals surface area contributed by atoms with Crippen molar-refractivity contribution in [2.45, 2.75) is 12.8 Å². The lowest BCUT2D eigenvalue weighted by atomic mass is 9.96. The summed E-state index contributed by atoms with van der Waals surface area (Å²) in [5, 5.41) is 0. The molecule has 1 aromatic heterocycles. The Morgan fingerprint density at radius 3 is 2.84 bits per heavy atom. The van der Waals surface area contributed by atoms with Crippen LogP contribution in [0.25, 0.3) is 0 Å². The first-order valence-electron chi connectivity index (χ1n) is 6.72. The van der Waals surface area contributed by atoms with Crippen LogP contribution in [0, 0.1) is 5.92 Å². The Labute approximate surface area is 114 Å². The molecule has 0 saturated carbocycles. The standard InChI is InChI=1S/C14H22N4O/c1-17-7-4-11(5-8-17)10-18(2)14(19)13-9-12(15)3-6-16-13/h3,6,9,11H,4-5,7-8,10H2,1-2H3,(H2,15,16). The SMILES string of the molecule is CN1CCC(CN(C)C(=O)c2cc(N)ccn2)CC1. The van der Waals surface area contributed by atoms with Gasteiger partial charge in [-0.1, -0.05) is 0 Å². The zero-order valence-electron chi connectivity index (χ0n) is 11.7. The third-order valence-corrected chi connectivity index (χ3v) is 3.72. The predicted octanol–water partition coefficient (Wildman–Crippen LogP) is 1.08. The molecule has 1 amide bonds. The van der Waals surface area contributed by atoms with E-state index in [1.807, 2.05) is 7.05 Å². The summed E-state index contributed by atoms with van der Waals surface area (Å²) < 4.78 is 0. The highest BCUT2D eigenvalue weighted by atomic mass is 16.2. The van der Waals surface area contributed by atoms with Crippen LogP contribution in [0.15, 0.2) is 18.3 Å². The minimum atomic E-state index is -0.0498. The molecule has 0 spiro atoms. The number of nitrogens with two attached hydrogens (primary N) is 1. The topological polar surface area (TPSA) is 62.5 Å². The molecule has 2 heterocycles. The van der Waals surface area contributed by atoms with Crippen molar-refractivity contribution in [1.82, 2.24) is 14.8 Å². The van der Waals surface area contributed by atoms with Gasteiger partial charge >= 0.3 is 0 Å². The van der Waals surface area contributed by atoms with E-state index in [1.165, 1.54) is 0 Å². The van der Waals surface area contributed by atoms with Gasteiger partial charge in [0.05, 0.1) is 0 Å². The first-order chi connectivity index (χ1) is 9.06. The van der Waals surface area contributed by atoms with Crippen molar-refractivity contribution in [1.29, 1.82) is 0 Å². The molecule has 1 aromatic rings. The van der Waals surface area contributed by atoms with Gasteiger partial charge in [-0.2, -0.15) is 0 Å². The molecular weight excluding hydrogens is 240 g/mol. The van der Waals surface area contributed by atoms with E-state index in [0.717, 1.165) is 32.5 Å². The van der Waals surface area contributed by atoms with Gasteiger partial charge in [-0.25, -0.2) is 0 Å². The largest absolute Gasteiger partial charge is 0.399 e. The molecule has 1 aliphatic rings. The van der Waals surface area contributed by atoms with Crippen LogP contribution in [0.5, 0.6) is 0 Å². The van der Waals surface area contributed by atoms with Crippen LogP contribution in [0.3, 0.4) is 0 Å². The smallest absolute Gasteiger partial charge is 0.272 e. The highest BCUT2D eigenvalue weighted by Crippen LogP contribution is 2.17. The minimum absolute atomic E-state index is 0.0498. The lowest BCUT2D eigenvalue weighted by Gasteiger charge is -2.31. The Balaban J connectivity index is 1.92. The van der Waals surface area contributed by atoms with Gasteiger partial charge < -0.3 is 15.5 Å². The first kappa shape index (κ1) is 13.8. The summed E-state index contributed by atoms with van der Waals surface area (Å²) in [6, 6.07) is 3.32. The Morgan fingerprint density at radius 2 is 2.21 bits per heavy atom. The van der Waals surface area contributed by atoms with Gasteiger partial charge in [0.15, 0.2) is 0 Å². The number of amides is 1. The van der Waals surface area contributed by atoms with Gasteiger partial charge in [0.25, 0.3) is 5.91 Å². The van der Waals surface area contributed by atoms with E-state index >= 15 is 0 Å². The number of likely N-dealkylation sites (tertiary alicyclic amines) is 1. The van der Waals surface area contributed by atoms with Crippen LogP contribution in [-0.4, -0.2) is 54.4 Å². The molecule has 19 heavy (non-hydrogen) atoms. The zero-order valence-corrected chi connectivity index (χ0v) is 11.7. The molecule has 104 valence electrons. The zero-order chi connectivity index (χ0) is 13.8. The number of aromatic nitrogens is 1. The number of nitrogen functional groups attached to an aromatic ring is 1. The van der Waals surface area contributed by atoms with Crippen molar-refractivity contribution in [3.05, 3.63) is 24.0 Å². The minimum Gasteiger partial charge on any atom is -0.399 e. The normalized spacial score (nSPS) is 17.4. The summed E-state index contributed by atoms with van der Waals surface area (Å²) in [6.07, 6.45) is 3.88. The van der Waals surface area contributed by atoms with Gasteiger partial charge in [-0.15, -0.1) is 0 Å². The number of rotatable bonds is 3. The predicted molar refractivity (Wildman–Crippen MR) is 75.8 cm³/mol. The van der Waals surface area contributed by atoms with Crippen molar-refractivity contribution < 1.29 is 4.79 Å². The summed E-state index contributed by atoms with van der Waals surface area (Å²) >= 11 is 0. The molecule has 0 unspecified atom stereocenters. The molecule has 0 radical (unpaired) electrons. The van der Waals surface area contributed by atoms with Crippen LogP contribution in [0.1, 0.15) is 23.3 Å². The van der Waals surface area contributed by atoms with Crippen molar-refractivity contribution in [2.24, 2.45) is 5.92 Å². The Morgan fingerprint density at radius 1 is 1.53 bits per heavy atom. The summed E-state index contributed by atoms with van der Waals surface area (Å²) in [6.45, 7) is 3.02. The number of anilines is 1. The molecule has 5 heteroatoms. The maximum Gasteiger partial charge on any atom is 0.272 e. The number of nitrogens with zero attached hydrogens (tertiary/aromatic N) is 3. The van der Waals surface area contributed by atoms with Gasteiger partial charge in [0.1, 0.15) is 5.69 Å². The van der Waals surface area contributed by atoms with E-state index < -0.39 is 0 Å². The van der Waals surface area contributed by atoms with Gasteiger partial charge in [-0.05, 0) is 51.0 Å². The van der Waals surface area contributed by atoms with Crippen molar-refractivity contribution in [2.75, 3.05) is 39.5 Å². The molecule has 0 aliphatic carbocycles. The third-order valence-electron chi connectivity index (χ3n) is 3.72. The van der Waals surface area contributed by atoms with E-state index in [0.29, 0.717) is 17.3 Å². The summed E-state index contributed by atoms with van der Waals surface area (Å²) in [7, 11) is 3.98. The van der Waals surface area contributed by atoms with E-state index in [4.69, 9.17) is 5.73 Å². The van der Waals surface area contributed by atoms with Crippen LogP contribution in [0.2, 0.25) is 0 Å². The molecule has 2 N–H and O–H groups in total. The molecule has 1 aliphatic heterocycles. The Hall–Kier alpha value is -1.62. The number of carbonyl (C=O) groups is 1. The molecule has 1 saturated heterocycles. The van der Waals surface area contributed by atoms with Crippen LogP contribution >= 0.6 is 0 Å². The summed E-state index contributed by atoms with van der Waals surface area (Å²) in [5.41, 5.74) is 6.68. The molecule has 2 rings (SSSR count). The lowest BCUT2D eigenvalue weighted by Crippen LogP contribution is -2.38. The monoisotopic (exact) mass is 262 g/mol. The quantitative estimate of drug-likeness (QED) is 0.885. The lowest BCUT2D eigenvalue weighted by molar-refractivity contribution is 0.0741. The number of carbonyl (C=O) groups excluding carboxylic acids is 1. The Kier molecular flexibility index (Phi) is 4.37. The fourth-order valence-electron chi connectivity index (χ4n) is 2.47. The molecule has 5 nitrogen and oxygen atoms in total. The second kappa shape index (κ2) is 6.02. The first-order valence-corrected chi connectivity index (χ1v) is 6.72. The number of hydrogen-bond donors (Lipinski definition) is 1. The van der Waals surface area contributed by atoms with Gasteiger partial charge in [0.2, 0.25) is 0 Å². The van der Waals surface area contributed by atoms with Crippen molar-refractivity contribution in [3.8, 4) is 0 Å². The fourth-order valence-corrected chi connectivity index (χ4v) is 2.47. The molecule has 0 bridgehead atoms. The molecule has 1 fully saturated rings. The van der Waals surface area contributed by atoms with E-state index in [-0.39, 0.29) is 5.91 Å². The van der Waals surface area contributed by atoms with Crippen molar-refractivity contribution >= 4 is 11.6 Å². The van der Waals surface area contributed by atoms with Crippen molar-refractivity contribution in [3.63, 3.8) is 0 Å². The van der Waals surface area contributed by atoms with E-state index in [2.05, 4.69) is 16.9 Å². The van der Waals surface area contributed by atoms with Gasteiger partial charge in [0, 0.05) is 25.5 Å². The maximum atomic E-state index is 12.2. The average molecular weight is 262 g/mol. The third kappa shape index (κ3) is 3.67. The van der Waals surface area contributed by atoms with Gasteiger partial charge in [-0.3, -0.25) is 9.78 Å². The van der Waals surface area contributed by atoms with Crippen LogP contribution < -0.4 is 5.73 Å². The molecule has 0 aromatic carbocycles. The molecular formula is C14H22N4O. The van der Waals surface area contributed by atoms with Crippen LogP contribution in [-0.2, 0) is 0 Å². The number of piperidine rings is 1. The highest BCUT2D eigenvalue weighted by molar-refractivity contribution is 5.92. The second-order valence-electron chi connectivity index (χ2n) is 5.41. The summed E-state index contributed by atoms with van der Waals surface area (Å²) in [5.74, 6) is 0.539. The van der Waals surface area contributed by atoms with Crippen LogP contribution in [0.4, 0.5) is 5.69 Å². The number of pyridine rings is 1. The molecule has 0 atom stereocenters.